The van der Waals surface area contributed by atoms with Crippen molar-refractivity contribution in [2.75, 3.05) is 11.4 Å². The molecule has 1 saturated heterocycles. The van der Waals surface area contributed by atoms with Crippen LogP contribution in [0.3, 0.4) is 0 Å². The Morgan fingerprint density at radius 2 is 1.81 bits per heavy atom. The second kappa shape index (κ2) is 7.24. The molecule has 31 heavy (non-hydrogen) atoms. The van der Waals surface area contributed by atoms with E-state index in [1.165, 1.54) is 4.90 Å². The zero-order valence-electron chi connectivity index (χ0n) is 15.7. The first kappa shape index (κ1) is 21.1. The van der Waals surface area contributed by atoms with Gasteiger partial charge >= 0.3 is 12.4 Å². The van der Waals surface area contributed by atoms with Gasteiger partial charge in [-0.25, -0.2) is 9.97 Å². The molecule has 0 saturated carbocycles. The summed E-state index contributed by atoms with van der Waals surface area (Å²) in [6, 6.07) is -1.00. The highest BCUT2D eigenvalue weighted by atomic mass is 19.4. The van der Waals surface area contributed by atoms with Gasteiger partial charge in [-0.1, -0.05) is 0 Å². The van der Waals surface area contributed by atoms with Crippen molar-refractivity contribution < 1.29 is 35.9 Å². The molecule has 0 aromatic carbocycles. The van der Waals surface area contributed by atoms with Crippen molar-refractivity contribution in [3.8, 4) is 0 Å². The SMILES string of the molecule is O=C(C1CCC(=O)N1c1cc(C(F)(F)F)cc(C(F)(F)F)n1)N1CCn2ccnc2C1. The number of halogens is 6. The van der Waals surface area contributed by atoms with Crippen molar-refractivity contribution >= 4 is 17.6 Å². The van der Waals surface area contributed by atoms with E-state index in [9.17, 15) is 35.9 Å². The molecule has 0 bridgehead atoms. The summed E-state index contributed by atoms with van der Waals surface area (Å²) in [5.74, 6) is -1.60. The topological polar surface area (TPSA) is 71.3 Å². The Labute approximate surface area is 171 Å². The molecule has 1 fully saturated rings. The van der Waals surface area contributed by atoms with Gasteiger partial charge in [-0.05, 0) is 18.6 Å². The summed E-state index contributed by atoms with van der Waals surface area (Å²) < 4.78 is 80.9. The Hall–Kier alpha value is -3.12. The molecule has 2 aliphatic heterocycles. The van der Waals surface area contributed by atoms with Crippen molar-refractivity contribution in [1.82, 2.24) is 19.4 Å². The lowest BCUT2D eigenvalue weighted by Crippen LogP contribution is -2.49. The van der Waals surface area contributed by atoms with Gasteiger partial charge in [0, 0.05) is 31.9 Å². The predicted octanol–water partition coefficient (Wildman–Crippen LogP) is 2.85. The first-order chi connectivity index (χ1) is 14.4. The monoisotopic (exact) mass is 447 g/mol. The number of alkyl halides is 6. The van der Waals surface area contributed by atoms with Crippen LogP contribution in [0.25, 0.3) is 0 Å². The molecule has 7 nitrogen and oxygen atoms in total. The molecule has 2 aliphatic rings. The number of fused-ring (bicyclic) bond motifs is 1. The van der Waals surface area contributed by atoms with E-state index in [1.54, 1.807) is 12.4 Å². The molecule has 2 aromatic rings. The molecule has 1 unspecified atom stereocenters. The van der Waals surface area contributed by atoms with Crippen LogP contribution in [0.15, 0.2) is 24.5 Å². The maximum Gasteiger partial charge on any atom is 0.433 e. The first-order valence-corrected chi connectivity index (χ1v) is 9.22. The highest BCUT2D eigenvalue weighted by Gasteiger charge is 2.44. The molecule has 0 aliphatic carbocycles. The lowest BCUT2D eigenvalue weighted by molar-refractivity contribution is -0.145. The number of rotatable bonds is 2. The largest absolute Gasteiger partial charge is 0.433 e. The highest BCUT2D eigenvalue weighted by molar-refractivity contribution is 6.03. The van der Waals surface area contributed by atoms with Crippen molar-refractivity contribution in [2.45, 2.75) is 44.3 Å². The Kier molecular flexibility index (Phi) is 4.93. The number of hydrogen-bond acceptors (Lipinski definition) is 4. The Morgan fingerprint density at radius 3 is 2.48 bits per heavy atom. The maximum absolute atomic E-state index is 13.2. The van der Waals surface area contributed by atoms with E-state index in [-0.39, 0.29) is 32.0 Å². The van der Waals surface area contributed by atoms with Gasteiger partial charge in [0.05, 0.1) is 12.1 Å². The van der Waals surface area contributed by atoms with Gasteiger partial charge in [0.15, 0.2) is 0 Å². The molecule has 0 spiro atoms. The number of nitrogens with zero attached hydrogens (tertiary/aromatic N) is 5. The van der Waals surface area contributed by atoms with Gasteiger partial charge in [0.25, 0.3) is 0 Å². The zero-order chi connectivity index (χ0) is 22.6. The van der Waals surface area contributed by atoms with Gasteiger partial charge in [-0.3, -0.25) is 14.5 Å². The van der Waals surface area contributed by atoms with Crippen LogP contribution in [0, 0.1) is 0 Å². The van der Waals surface area contributed by atoms with Crippen molar-refractivity contribution in [3.63, 3.8) is 0 Å². The van der Waals surface area contributed by atoms with Crippen LogP contribution in [-0.2, 0) is 35.0 Å². The number of imidazole rings is 1. The van der Waals surface area contributed by atoms with Crippen molar-refractivity contribution in [3.05, 3.63) is 41.6 Å². The van der Waals surface area contributed by atoms with Crippen LogP contribution in [0.5, 0.6) is 0 Å². The smallest absolute Gasteiger partial charge is 0.332 e. The van der Waals surface area contributed by atoms with Crippen LogP contribution in [0.2, 0.25) is 0 Å². The predicted molar refractivity (Wildman–Crippen MR) is 92.4 cm³/mol. The Balaban J connectivity index is 1.69. The molecule has 0 N–H and O–H groups in total. The minimum absolute atomic E-state index is 0.0398. The van der Waals surface area contributed by atoms with Gasteiger partial charge in [0.1, 0.15) is 23.4 Å². The highest BCUT2D eigenvalue weighted by Crippen LogP contribution is 2.38. The first-order valence-electron chi connectivity index (χ1n) is 9.22. The van der Waals surface area contributed by atoms with E-state index >= 15 is 0 Å². The van der Waals surface area contributed by atoms with E-state index in [0.29, 0.717) is 23.3 Å². The summed E-state index contributed by atoms with van der Waals surface area (Å²) in [7, 11) is 0. The van der Waals surface area contributed by atoms with E-state index in [2.05, 4.69) is 9.97 Å². The Bertz CT molecular complexity index is 999. The molecular formula is C18H15F6N5O2. The molecule has 13 heteroatoms. The summed E-state index contributed by atoms with van der Waals surface area (Å²) in [6.07, 6.45) is -7.21. The van der Waals surface area contributed by atoms with Crippen LogP contribution >= 0.6 is 0 Å². The van der Waals surface area contributed by atoms with Crippen LogP contribution in [0.4, 0.5) is 32.2 Å². The van der Waals surface area contributed by atoms with Crippen molar-refractivity contribution in [2.24, 2.45) is 0 Å². The Morgan fingerprint density at radius 1 is 1.06 bits per heavy atom. The summed E-state index contributed by atoms with van der Waals surface area (Å²) in [4.78, 5) is 34.8. The summed E-state index contributed by atoms with van der Waals surface area (Å²) in [5.41, 5.74) is -3.39. The summed E-state index contributed by atoms with van der Waals surface area (Å²) in [6.45, 7) is 0.820. The standard InChI is InChI=1S/C18H15F6N5O2/c19-17(20,21)10-7-12(18(22,23)24)26-13(8-10)29-11(1-2-15(29)30)16(31)28-6-5-27-4-3-25-14(27)9-28/h3-4,7-8,11H,1-2,5-6,9H2. The lowest BCUT2D eigenvalue weighted by Gasteiger charge is -2.32. The molecule has 166 valence electrons. The lowest BCUT2D eigenvalue weighted by atomic mass is 10.1. The van der Waals surface area contributed by atoms with E-state index in [0.717, 1.165) is 0 Å². The third-order valence-corrected chi connectivity index (χ3v) is 5.23. The van der Waals surface area contributed by atoms with Gasteiger partial charge < -0.3 is 9.47 Å². The number of amides is 2. The number of carbonyl (C=O) groups is 2. The van der Waals surface area contributed by atoms with E-state index < -0.39 is 47.3 Å². The number of aromatic nitrogens is 3. The average molecular weight is 447 g/mol. The van der Waals surface area contributed by atoms with Gasteiger partial charge in [0.2, 0.25) is 11.8 Å². The van der Waals surface area contributed by atoms with E-state index in [1.807, 2.05) is 4.57 Å². The molecule has 4 heterocycles. The number of hydrogen-bond donors (Lipinski definition) is 0. The fourth-order valence-electron chi connectivity index (χ4n) is 3.73. The quantitative estimate of drug-likeness (QED) is 0.664. The minimum Gasteiger partial charge on any atom is -0.332 e. The van der Waals surface area contributed by atoms with Crippen LogP contribution < -0.4 is 4.90 Å². The minimum atomic E-state index is -5.16. The second-order valence-electron chi connectivity index (χ2n) is 7.21. The average Bonchev–Trinajstić information content (AvgIpc) is 3.31. The third kappa shape index (κ3) is 3.95. The summed E-state index contributed by atoms with van der Waals surface area (Å²) in [5, 5.41) is 0. The zero-order valence-corrected chi connectivity index (χ0v) is 15.7. The summed E-state index contributed by atoms with van der Waals surface area (Å²) >= 11 is 0. The van der Waals surface area contributed by atoms with Gasteiger partial charge in [-0.2, -0.15) is 26.3 Å². The van der Waals surface area contributed by atoms with Crippen molar-refractivity contribution in [1.29, 1.82) is 0 Å². The van der Waals surface area contributed by atoms with Gasteiger partial charge in [-0.15, -0.1) is 0 Å². The normalized spacial score (nSPS) is 19.7. The molecule has 2 aromatic heterocycles. The fraction of sp³-hybridized carbons (Fsp3) is 0.444. The molecule has 2 amide bonds. The second-order valence-corrected chi connectivity index (χ2v) is 7.21. The fourth-order valence-corrected chi connectivity index (χ4v) is 3.73. The van der Waals surface area contributed by atoms with Crippen LogP contribution in [0.1, 0.15) is 29.9 Å². The molecule has 0 radical (unpaired) electrons. The molecule has 4 rings (SSSR count). The number of anilines is 1. The number of pyridine rings is 1. The van der Waals surface area contributed by atoms with E-state index in [4.69, 9.17) is 0 Å². The van der Waals surface area contributed by atoms with Crippen LogP contribution in [-0.4, -0.2) is 43.8 Å². The third-order valence-electron chi connectivity index (χ3n) is 5.23. The number of carbonyl (C=O) groups excluding carboxylic acids is 2. The molecule has 1 atom stereocenters. The molecular weight excluding hydrogens is 432 g/mol. The maximum atomic E-state index is 13.2.